The highest BCUT2D eigenvalue weighted by Gasteiger charge is 2.15. The smallest absolute Gasteiger partial charge is 0.267 e. The number of aromatic nitrogens is 2. The normalized spacial score (nSPS) is 11.1. The van der Waals surface area contributed by atoms with E-state index in [1.807, 2.05) is 36.4 Å². The van der Waals surface area contributed by atoms with Gasteiger partial charge in [-0.05, 0) is 53.6 Å². The maximum absolute atomic E-state index is 14.5. The summed E-state index contributed by atoms with van der Waals surface area (Å²) in [5, 5.41) is 5.25. The standard InChI is InChI=1S/C27H22ClFN2O3/c1-33-22-12-7-19(8-13-22)23-17-26(32)31(15-3-4-18-5-10-21(28)11-6-18)30-27(23)20-9-14-25(34-2)24(29)16-20/h3-14,16-17H,15H2,1-2H3/b4-3+. The zero-order valence-corrected chi connectivity index (χ0v) is 19.4. The molecule has 5 nitrogen and oxygen atoms in total. The molecule has 0 aliphatic heterocycles. The average Bonchev–Trinajstić information content (AvgIpc) is 2.86. The van der Waals surface area contributed by atoms with Crippen molar-refractivity contribution in [2.75, 3.05) is 14.2 Å². The van der Waals surface area contributed by atoms with E-state index in [1.165, 1.54) is 23.9 Å². The monoisotopic (exact) mass is 476 g/mol. The lowest BCUT2D eigenvalue weighted by Crippen LogP contribution is -2.22. The second-order valence-electron chi connectivity index (χ2n) is 7.46. The highest BCUT2D eigenvalue weighted by Crippen LogP contribution is 2.32. The topological polar surface area (TPSA) is 53.4 Å². The Hall–Kier alpha value is -3.90. The number of hydrogen-bond acceptors (Lipinski definition) is 4. The summed E-state index contributed by atoms with van der Waals surface area (Å²) in [5.74, 6) is 0.311. The number of halogens is 2. The first-order valence-electron chi connectivity index (χ1n) is 10.5. The number of benzene rings is 3. The molecule has 4 aromatic rings. The van der Waals surface area contributed by atoms with E-state index in [-0.39, 0.29) is 17.9 Å². The molecule has 0 saturated carbocycles. The summed E-state index contributed by atoms with van der Waals surface area (Å²) in [6, 6.07) is 20.8. The van der Waals surface area contributed by atoms with E-state index in [4.69, 9.17) is 21.1 Å². The molecule has 0 unspecified atom stereocenters. The SMILES string of the molecule is COc1ccc(-c2cc(=O)n(C/C=C/c3ccc(Cl)cc3)nc2-c2ccc(OC)c(F)c2)cc1. The Morgan fingerprint density at radius 1 is 0.941 bits per heavy atom. The molecule has 172 valence electrons. The zero-order valence-electron chi connectivity index (χ0n) is 18.7. The first-order valence-corrected chi connectivity index (χ1v) is 10.9. The second-order valence-corrected chi connectivity index (χ2v) is 7.90. The van der Waals surface area contributed by atoms with Crippen LogP contribution in [0.15, 0.2) is 83.7 Å². The van der Waals surface area contributed by atoms with Crippen molar-refractivity contribution >= 4 is 17.7 Å². The molecule has 34 heavy (non-hydrogen) atoms. The first-order chi connectivity index (χ1) is 16.5. The first kappa shape index (κ1) is 23.3. The van der Waals surface area contributed by atoms with Crippen LogP contribution in [0.2, 0.25) is 5.02 Å². The van der Waals surface area contributed by atoms with Gasteiger partial charge in [0.05, 0.1) is 26.5 Å². The minimum atomic E-state index is -0.511. The van der Waals surface area contributed by atoms with Crippen LogP contribution in [-0.2, 0) is 6.54 Å². The van der Waals surface area contributed by atoms with Gasteiger partial charge in [-0.3, -0.25) is 4.79 Å². The van der Waals surface area contributed by atoms with Crippen molar-refractivity contribution in [1.82, 2.24) is 9.78 Å². The number of hydrogen-bond donors (Lipinski definition) is 0. The van der Waals surface area contributed by atoms with E-state index >= 15 is 0 Å². The summed E-state index contributed by atoms with van der Waals surface area (Å²) in [4.78, 5) is 12.9. The van der Waals surface area contributed by atoms with Crippen molar-refractivity contribution in [3.8, 4) is 33.9 Å². The molecule has 0 saturated heterocycles. The zero-order chi connectivity index (χ0) is 24.1. The summed E-state index contributed by atoms with van der Waals surface area (Å²) in [6.07, 6.45) is 3.72. The van der Waals surface area contributed by atoms with Crippen molar-refractivity contribution in [3.63, 3.8) is 0 Å². The summed E-state index contributed by atoms with van der Waals surface area (Å²) < 4.78 is 26.1. The van der Waals surface area contributed by atoms with Gasteiger partial charge in [-0.15, -0.1) is 0 Å². The lowest BCUT2D eigenvalue weighted by molar-refractivity contribution is 0.386. The molecule has 7 heteroatoms. The molecule has 0 N–H and O–H groups in total. The maximum Gasteiger partial charge on any atom is 0.267 e. The minimum Gasteiger partial charge on any atom is -0.497 e. The molecule has 4 rings (SSSR count). The lowest BCUT2D eigenvalue weighted by Gasteiger charge is -2.13. The van der Waals surface area contributed by atoms with Gasteiger partial charge in [-0.25, -0.2) is 9.07 Å². The predicted molar refractivity (Wildman–Crippen MR) is 133 cm³/mol. The molecular formula is C27H22ClFN2O3. The highest BCUT2D eigenvalue weighted by atomic mass is 35.5. The Bertz CT molecular complexity index is 1380. The molecule has 1 heterocycles. The highest BCUT2D eigenvalue weighted by molar-refractivity contribution is 6.30. The molecule has 0 aliphatic carbocycles. The van der Waals surface area contributed by atoms with Gasteiger partial charge in [0.2, 0.25) is 0 Å². The van der Waals surface area contributed by atoms with Crippen molar-refractivity contribution in [2.45, 2.75) is 6.54 Å². The van der Waals surface area contributed by atoms with Crippen LogP contribution < -0.4 is 15.0 Å². The minimum absolute atomic E-state index is 0.133. The molecule has 0 fully saturated rings. The average molecular weight is 477 g/mol. The number of rotatable bonds is 7. The van der Waals surface area contributed by atoms with E-state index in [2.05, 4.69) is 5.10 Å². The van der Waals surface area contributed by atoms with Gasteiger partial charge in [0.15, 0.2) is 11.6 Å². The van der Waals surface area contributed by atoms with Crippen LogP contribution in [0.5, 0.6) is 11.5 Å². The van der Waals surface area contributed by atoms with Crippen LogP contribution >= 0.6 is 11.6 Å². The van der Waals surface area contributed by atoms with Crippen molar-refractivity contribution in [1.29, 1.82) is 0 Å². The van der Waals surface area contributed by atoms with Crippen LogP contribution in [0.4, 0.5) is 4.39 Å². The van der Waals surface area contributed by atoms with E-state index in [0.29, 0.717) is 27.6 Å². The Morgan fingerprint density at radius 3 is 2.29 bits per heavy atom. The molecule has 0 spiro atoms. The van der Waals surface area contributed by atoms with Gasteiger partial charge in [-0.1, -0.05) is 48.0 Å². The molecule has 0 amide bonds. The number of allylic oxidation sites excluding steroid dienone is 1. The van der Waals surface area contributed by atoms with Crippen molar-refractivity contribution < 1.29 is 13.9 Å². The molecule has 0 radical (unpaired) electrons. The Kier molecular flexibility index (Phi) is 7.09. The molecule has 0 atom stereocenters. The summed E-state index contributed by atoms with van der Waals surface area (Å²) >= 11 is 5.93. The fourth-order valence-electron chi connectivity index (χ4n) is 3.50. The quantitative estimate of drug-likeness (QED) is 0.323. The third-order valence-electron chi connectivity index (χ3n) is 5.28. The number of nitrogens with zero attached hydrogens (tertiary/aromatic N) is 2. The van der Waals surface area contributed by atoms with Crippen LogP contribution in [0.1, 0.15) is 5.56 Å². The Balaban J connectivity index is 1.76. The van der Waals surface area contributed by atoms with Crippen LogP contribution in [0.3, 0.4) is 0 Å². The van der Waals surface area contributed by atoms with Gasteiger partial charge >= 0.3 is 0 Å². The second kappa shape index (κ2) is 10.4. The van der Waals surface area contributed by atoms with Gasteiger partial charge in [0.1, 0.15) is 5.75 Å². The third kappa shape index (κ3) is 5.18. The summed E-state index contributed by atoms with van der Waals surface area (Å²) in [5.41, 5.74) is 3.04. The van der Waals surface area contributed by atoms with E-state index in [0.717, 1.165) is 11.1 Å². The van der Waals surface area contributed by atoms with Crippen LogP contribution in [0.25, 0.3) is 28.5 Å². The molecular weight excluding hydrogens is 455 g/mol. The number of methoxy groups -OCH3 is 2. The summed E-state index contributed by atoms with van der Waals surface area (Å²) in [7, 11) is 2.99. The molecule has 0 bridgehead atoms. The Labute approximate surface area is 201 Å². The molecule has 0 aliphatic rings. The van der Waals surface area contributed by atoms with E-state index in [1.54, 1.807) is 43.5 Å². The third-order valence-corrected chi connectivity index (χ3v) is 5.53. The maximum atomic E-state index is 14.5. The van der Waals surface area contributed by atoms with E-state index in [9.17, 15) is 9.18 Å². The predicted octanol–water partition coefficient (Wildman–Crippen LogP) is 6.10. The van der Waals surface area contributed by atoms with Crippen molar-refractivity contribution in [3.05, 3.63) is 106 Å². The largest absolute Gasteiger partial charge is 0.497 e. The van der Waals surface area contributed by atoms with Crippen molar-refractivity contribution in [2.24, 2.45) is 0 Å². The van der Waals surface area contributed by atoms with Gasteiger partial charge < -0.3 is 9.47 Å². The van der Waals surface area contributed by atoms with Gasteiger partial charge in [-0.2, -0.15) is 5.10 Å². The van der Waals surface area contributed by atoms with Crippen LogP contribution in [0, 0.1) is 5.82 Å². The van der Waals surface area contributed by atoms with Gasteiger partial charge in [0, 0.05) is 22.2 Å². The fourth-order valence-corrected chi connectivity index (χ4v) is 3.63. The fraction of sp³-hybridized carbons (Fsp3) is 0.111. The molecule has 1 aromatic heterocycles. The van der Waals surface area contributed by atoms with Gasteiger partial charge in [0.25, 0.3) is 5.56 Å². The van der Waals surface area contributed by atoms with Crippen LogP contribution in [-0.4, -0.2) is 24.0 Å². The lowest BCUT2D eigenvalue weighted by atomic mass is 9.99. The Morgan fingerprint density at radius 2 is 1.65 bits per heavy atom. The number of ether oxygens (including phenoxy) is 2. The summed E-state index contributed by atoms with van der Waals surface area (Å²) in [6.45, 7) is 0.246. The van der Waals surface area contributed by atoms with E-state index < -0.39 is 5.82 Å². The molecule has 3 aromatic carbocycles.